The van der Waals surface area contributed by atoms with Gasteiger partial charge in [0.2, 0.25) is 5.91 Å². The Balaban J connectivity index is 1.61. The van der Waals surface area contributed by atoms with E-state index in [9.17, 15) is 14.4 Å². The largest absolute Gasteiger partial charge is 0.422 e. The number of rotatable bonds is 5. The highest BCUT2D eigenvalue weighted by Gasteiger charge is 2.31. The van der Waals surface area contributed by atoms with E-state index in [4.69, 9.17) is 4.74 Å². The summed E-state index contributed by atoms with van der Waals surface area (Å²) in [6.07, 6.45) is 2.95. The summed E-state index contributed by atoms with van der Waals surface area (Å²) in [4.78, 5) is 38.9. The molecule has 1 N–H and O–H groups in total. The topological polar surface area (TPSA) is 85.4 Å². The van der Waals surface area contributed by atoms with E-state index in [0.717, 1.165) is 29.3 Å². The minimum Gasteiger partial charge on any atom is -0.422 e. The summed E-state index contributed by atoms with van der Waals surface area (Å²) in [5.74, 6) is -0.395. The molecule has 0 aliphatic carbocycles. The van der Waals surface area contributed by atoms with Crippen molar-refractivity contribution >= 4 is 28.9 Å². The Hall–Kier alpha value is -2.67. The van der Waals surface area contributed by atoms with Gasteiger partial charge in [0.25, 0.3) is 5.24 Å². The number of carbonyl (C=O) groups excluding carboxylic acids is 3. The van der Waals surface area contributed by atoms with Crippen LogP contribution < -0.4 is 10.1 Å². The van der Waals surface area contributed by atoms with Gasteiger partial charge in [0.15, 0.2) is 0 Å². The van der Waals surface area contributed by atoms with Crippen molar-refractivity contribution in [3.8, 4) is 5.75 Å². The van der Waals surface area contributed by atoms with E-state index in [2.05, 4.69) is 10.3 Å². The third-order valence-electron chi connectivity index (χ3n) is 3.76. The molecule has 7 heteroatoms. The fourth-order valence-electron chi connectivity index (χ4n) is 2.35. The van der Waals surface area contributed by atoms with Gasteiger partial charge in [-0.05, 0) is 42.2 Å². The Morgan fingerprint density at radius 2 is 1.88 bits per heavy atom. The number of amides is 2. The summed E-state index contributed by atoms with van der Waals surface area (Å²) >= 11 is 0.990. The quantitative estimate of drug-likeness (QED) is 0.655. The van der Waals surface area contributed by atoms with Crippen molar-refractivity contribution in [3.63, 3.8) is 0 Å². The van der Waals surface area contributed by atoms with Gasteiger partial charge in [-0.2, -0.15) is 0 Å². The molecule has 0 bridgehead atoms. The van der Waals surface area contributed by atoms with Crippen LogP contribution in [-0.4, -0.2) is 27.3 Å². The molecule has 25 heavy (non-hydrogen) atoms. The molecule has 1 aromatic heterocycles. The van der Waals surface area contributed by atoms with Gasteiger partial charge in [0.1, 0.15) is 11.4 Å². The maximum absolute atomic E-state index is 12.1. The van der Waals surface area contributed by atoms with E-state index in [-0.39, 0.29) is 16.8 Å². The highest BCUT2D eigenvalue weighted by Crippen LogP contribution is 2.24. The highest BCUT2D eigenvalue weighted by atomic mass is 32.2. The molecule has 2 amide bonds. The number of nitrogens with zero attached hydrogens (tertiary/aromatic N) is 1. The van der Waals surface area contributed by atoms with Crippen LogP contribution in [0.3, 0.4) is 0 Å². The lowest BCUT2D eigenvalue weighted by molar-refractivity contribution is -0.118. The lowest BCUT2D eigenvalue weighted by Gasteiger charge is -2.07. The van der Waals surface area contributed by atoms with Crippen LogP contribution in [0.2, 0.25) is 0 Å². The summed E-state index contributed by atoms with van der Waals surface area (Å²) < 4.78 is 5.30. The molecule has 1 aromatic carbocycles. The number of imide groups is 1. The van der Waals surface area contributed by atoms with Gasteiger partial charge in [0, 0.05) is 6.20 Å². The van der Waals surface area contributed by atoms with Crippen LogP contribution in [0.15, 0.2) is 42.6 Å². The second-order valence-corrected chi connectivity index (χ2v) is 6.70. The van der Waals surface area contributed by atoms with Crippen LogP contribution in [0.1, 0.15) is 28.5 Å². The van der Waals surface area contributed by atoms with Crippen LogP contribution in [0.5, 0.6) is 5.75 Å². The molecule has 1 aliphatic rings. The maximum Gasteiger partial charge on any atom is 0.362 e. The lowest BCUT2D eigenvalue weighted by Crippen LogP contribution is -2.25. The normalized spacial score (nSPS) is 16.6. The van der Waals surface area contributed by atoms with Gasteiger partial charge in [-0.3, -0.25) is 14.9 Å². The Bertz CT molecular complexity index is 803. The SMILES string of the molecule is CCc1ccc(C(=O)Oc2ccc(CC3SC(=O)NC3=O)cc2)nc1. The summed E-state index contributed by atoms with van der Waals surface area (Å²) in [5.41, 5.74) is 2.18. The summed E-state index contributed by atoms with van der Waals surface area (Å²) in [6.45, 7) is 2.01. The number of benzene rings is 1. The van der Waals surface area contributed by atoms with Crippen LogP contribution >= 0.6 is 11.8 Å². The Morgan fingerprint density at radius 3 is 2.44 bits per heavy atom. The van der Waals surface area contributed by atoms with Crippen molar-refractivity contribution < 1.29 is 19.1 Å². The Morgan fingerprint density at radius 1 is 1.16 bits per heavy atom. The summed E-state index contributed by atoms with van der Waals surface area (Å²) in [7, 11) is 0. The fourth-order valence-corrected chi connectivity index (χ4v) is 3.21. The van der Waals surface area contributed by atoms with Crippen molar-refractivity contribution in [2.24, 2.45) is 0 Å². The molecule has 1 aliphatic heterocycles. The van der Waals surface area contributed by atoms with Crippen LogP contribution in [0.4, 0.5) is 4.79 Å². The van der Waals surface area contributed by atoms with E-state index < -0.39 is 11.2 Å². The Kier molecular flexibility index (Phi) is 5.14. The minimum atomic E-state index is -0.522. The van der Waals surface area contributed by atoms with Crippen LogP contribution in [0.25, 0.3) is 0 Å². The lowest BCUT2D eigenvalue weighted by atomic mass is 10.1. The Labute approximate surface area is 149 Å². The first kappa shape index (κ1) is 17.2. The van der Waals surface area contributed by atoms with Crippen molar-refractivity contribution in [2.45, 2.75) is 25.0 Å². The zero-order valence-electron chi connectivity index (χ0n) is 13.5. The molecule has 2 aromatic rings. The molecule has 128 valence electrons. The molecule has 2 heterocycles. The predicted octanol–water partition coefficient (Wildman–Crippen LogP) is 2.76. The van der Waals surface area contributed by atoms with Gasteiger partial charge in [0.05, 0.1) is 5.25 Å². The van der Waals surface area contributed by atoms with Gasteiger partial charge in [-0.15, -0.1) is 0 Å². The standard InChI is InChI=1S/C18H16N2O4S/c1-2-11-5-8-14(19-10-11)17(22)24-13-6-3-12(4-7-13)9-15-16(21)20-18(23)25-15/h3-8,10,15H,2,9H2,1H3,(H,20,21,23). The molecule has 1 saturated heterocycles. The predicted molar refractivity (Wildman–Crippen MR) is 93.6 cm³/mol. The van der Waals surface area contributed by atoms with E-state index >= 15 is 0 Å². The van der Waals surface area contributed by atoms with Crippen LogP contribution in [0, 0.1) is 0 Å². The first-order chi connectivity index (χ1) is 12.0. The summed E-state index contributed by atoms with van der Waals surface area (Å²) in [6, 6.07) is 10.3. The number of thioether (sulfide) groups is 1. The number of aromatic nitrogens is 1. The average molecular weight is 356 g/mol. The zero-order chi connectivity index (χ0) is 17.8. The highest BCUT2D eigenvalue weighted by molar-refractivity contribution is 8.15. The zero-order valence-corrected chi connectivity index (χ0v) is 14.3. The summed E-state index contributed by atoms with van der Waals surface area (Å²) in [5, 5.41) is 1.53. The number of pyridine rings is 1. The minimum absolute atomic E-state index is 0.249. The van der Waals surface area contributed by atoms with Crippen LogP contribution in [-0.2, 0) is 17.6 Å². The second kappa shape index (κ2) is 7.48. The van der Waals surface area contributed by atoms with Crippen molar-refractivity contribution in [3.05, 3.63) is 59.4 Å². The second-order valence-electron chi connectivity index (χ2n) is 5.53. The van der Waals surface area contributed by atoms with Gasteiger partial charge < -0.3 is 4.74 Å². The monoisotopic (exact) mass is 356 g/mol. The van der Waals surface area contributed by atoms with E-state index in [1.54, 1.807) is 36.5 Å². The van der Waals surface area contributed by atoms with Gasteiger partial charge >= 0.3 is 5.97 Å². The maximum atomic E-state index is 12.1. The van der Waals surface area contributed by atoms with Crippen molar-refractivity contribution in [1.29, 1.82) is 0 Å². The van der Waals surface area contributed by atoms with Crippen molar-refractivity contribution in [1.82, 2.24) is 10.3 Å². The third kappa shape index (κ3) is 4.24. The molecular formula is C18H16N2O4S. The van der Waals surface area contributed by atoms with Gasteiger partial charge in [-0.25, -0.2) is 9.78 Å². The molecule has 0 radical (unpaired) electrons. The molecule has 3 rings (SSSR count). The number of aryl methyl sites for hydroxylation is 1. The van der Waals surface area contributed by atoms with E-state index in [1.165, 1.54) is 0 Å². The van der Waals surface area contributed by atoms with E-state index in [1.807, 2.05) is 13.0 Å². The van der Waals surface area contributed by atoms with Gasteiger partial charge in [-0.1, -0.05) is 36.9 Å². The first-order valence-corrected chi connectivity index (χ1v) is 8.70. The first-order valence-electron chi connectivity index (χ1n) is 7.82. The third-order valence-corrected chi connectivity index (χ3v) is 4.75. The van der Waals surface area contributed by atoms with E-state index in [0.29, 0.717) is 12.2 Å². The fraction of sp³-hybridized carbons (Fsp3) is 0.222. The number of carbonyl (C=O) groups is 3. The molecule has 0 saturated carbocycles. The molecule has 1 atom stereocenters. The number of hydrogen-bond donors (Lipinski definition) is 1. The molecule has 1 fully saturated rings. The molecule has 6 nitrogen and oxygen atoms in total. The number of ether oxygens (including phenoxy) is 1. The molecule has 0 spiro atoms. The average Bonchev–Trinajstić information content (AvgIpc) is 2.94. The number of hydrogen-bond acceptors (Lipinski definition) is 6. The van der Waals surface area contributed by atoms with Crippen molar-refractivity contribution in [2.75, 3.05) is 0 Å². The molecule has 1 unspecified atom stereocenters. The molecular weight excluding hydrogens is 340 g/mol. The number of nitrogens with one attached hydrogen (secondary N) is 1. The smallest absolute Gasteiger partial charge is 0.362 e. The number of esters is 1.